The number of aromatic nitrogens is 3. The molecule has 1 atom stereocenters. The fourth-order valence-electron chi connectivity index (χ4n) is 3.40. The van der Waals surface area contributed by atoms with Crippen molar-refractivity contribution in [1.29, 1.82) is 0 Å². The number of pyridine rings is 1. The van der Waals surface area contributed by atoms with Crippen molar-refractivity contribution < 1.29 is 9.53 Å². The molecule has 6 nitrogen and oxygen atoms in total. The fourth-order valence-corrected chi connectivity index (χ4v) is 3.40. The topological polar surface area (TPSA) is 60.2 Å². The maximum atomic E-state index is 12.8. The SMILES string of the molecule is COCC1CN(C(=O)c2ccccn2)Cc2c1cnn2CC1CC1. The van der Waals surface area contributed by atoms with Crippen molar-refractivity contribution in [2.24, 2.45) is 5.92 Å². The lowest BCUT2D eigenvalue weighted by molar-refractivity contribution is 0.0668. The molecule has 6 heteroatoms. The first-order chi connectivity index (χ1) is 11.8. The van der Waals surface area contributed by atoms with Crippen molar-refractivity contribution in [2.75, 3.05) is 20.3 Å². The van der Waals surface area contributed by atoms with E-state index in [1.165, 1.54) is 18.4 Å². The molecule has 1 aliphatic heterocycles. The molecule has 1 fully saturated rings. The van der Waals surface area contributed by atoms with Crippen LogP contribution < -0.4 is 0 Å². The predicted molar refractivity (Wildman–Crippen MR) is 88.5 cm³/mol. The van der Waals surface area contributed by atoms with Gasteiger partial charge in [0.1, 0.15) is 5.69 Å². The predicted octanol–water partition coefficient (Wildman–Crippen LogP) is 2.07. The maximum absolute atomic E-state index is 12.8. The molecule has 2 aliphatic rings. The standard InChI is InChI=1S/C18H22N4O2/c1-24-12-14-10-21(18(23)16-4-2-3-7-19-16)11-17-15(14)8-20-22(17)9-13-5-6-13/h2-4,7-8,13-14H,5-6,9-12H2,1H3. The van der Waals surface area contributed by atoms with Crippen LogP contribution >= 0.6 is 0 Å². The van der Waals surface area contributed by atoms with Crippen LogP contribution in [0.25, 0.3) is 0 Å². The van der Waals surface area contributed by atoms with Gasteiger partial charge in [0.05, 0.1) is 25.0 Å². The van der Waals surface area contributed by atoms with Gasteiger partial charge in [0.15, 0.2) is 0 Å². The summed E-state index contributed by atoms with van der Waals surface area (Å²) < 4.78 is 7.47. The zero-order valence-corrected chi connectivity index (χ0v) is 13.9. The number of amides is 1. The van der Waals surface area contributed by atoms with Gasteiger partial charge in [0.2, 0.25) is 0 Å². The van der Waals surface area contributed by atoms with Gasteiger partial charge in [-0.1, -0.05) is 6.07 Å². The Labute approximate surface area is 141 Å². The van der Waals surface area contributed by atoms with Gasteiger partial charge in [0, 0.05) is 37.9 Å². The summed E-state index contributed by atoms with van der Waals surface area (Å²) in [6.45, 7) is 2.79. The van der Waals surface area contributed by atoms with Crippen LogP contribution in [-0.2, 0) is 17.8 Å². The van der Waals surface area contributed by atoms with Crippen LogP contribution in [0.1, 0.15) is 40.5 Å². The minimum absolute atomic E-state index is 0.0264. The summed E-state index contributed by atoms with van der Waals surface area (Å²) in [5.74, 6) is 0.887. The first kappa shape index (κ1) is 15.3. The van der Waals surface area contributed by atoms with Gasteiger partial charge in [-0.3, -0.25) is 14.5 Å². The summed E-state index contributed by atoms with van der Waals surface area (Å²) in [7, 11) is 1.70. The molecular formula is C18H22N4O2. The van der Waals surface area contributed by atoms with Gasteiger partial charge in [-0.25, -0.2) is 0 Å². The third-order valence-electron chi connectivity index (χ3n) is 4.87. The number of nitrogens with zero attached hydrogens (tertiary/aromatic N) is 4. The van der Waals surface area contributed by atoms with E-state index in [1.54, 1.807) is 19.4 Å². The van der Waals surface area contributed by atoms with E-state index in [1.807, 2.05) is 23.2 Å². The Bertz CT molecular complexity index is 724. The second kappa shape index (κ2) is 6.36. The highest BCUT2D eigenvalue weighted by Crippen LogP contribution is 2.34. The smallest absolute Gasteiger partial charge is 0.272 e. The Morgan fingerprint density at radius 3 is 2.96 bits per heavy atom. The summed E-state index contributed by atoms with van der Waals surface area (Å²) in [6, 6.07) is 5.44. The monoisotopic (exact) mass is 326 g/mol. The third kappa shape index (κ3) is 2.94. The van der Waals surface area contributed by atoms with Crippen LogP contribution in [0.15, 0.2) is 30.6 Å². The van der Waals surface area contributed by atoms with Crippen LogP contribution in [0.4, 0.5) is 0 Å². The Morgan fingerprint density at radius 1 is 1.38 bits per heavy atom. The van der Waals surface area contributed by atoms with Gasteiger partial charge in [-0.05, 0) is 30.9 Å². The Hall–Kier alpha value is -2.21. The van der Waals surface area contributed by atoms with E-state index >= 15 is 0 Å². The summed E-state index contributed by atoms with van der Waals surface area (Å²) in [5.41, 5.74) is 2.87. The molecule has 2 aromatic rings. The fraction of sp³-hybridized carbons (Fsp3) is 0.500. The second-order valence-electron chi connectivity index (χ2n) is 6.73. The zero-order valence-electron chi connectivity index (χ0n) is 13.9. The lowest BCUT2D eigenvalue weighted by Crippen LogP contribution is -2.40. The molecule has 0 N–H and O–H groups in total. The molecule has 0 radical (unpaired) electrons. The molecule has 4 rings (SSSR count). The van der Waals surface area contributed by atoms with Crippen molar-refractivity contribution in [3.8, 4) is 0 Å². The third-order valence-corrected chi connectivity index (χ3v) is 4.87. The van der Waals surface area contributed by atoms with Crippen molar-refractivity contribution >= 4 is 5.91 Å². The Morgan fingerprint density at radius 2 is 2.25 bits per heavy atom. The van der Waals surface area contributed by atoms with E-state index in [4.69, 9.17) is 4.74 Å². The summed E-state index contributed by atoms with van der Waals surface area (Å²) in [6.07, 6.45) is 6.19. The largest absolute Gasteiger partial charge is 0.384 e. The molecule has 0 bridgehead atoms. The molecule has 1 aliphatic carbocycles. The van der Waals surface area contributed by atoms with Gasteiger partial charge in [0.25, 0.3) is 5.91 Å². The highest BCUT2D eigenvalue weighted by molar-refractivity contribution is 5.92. The molecule has 126 valence electrons. The number of ether oxygens (including phenoxy) is 1. The Kier molecular flexibility index (Phi) is 4.06. The minimum Gasteiger partial charge on any atom is -0.384 e. The van der Waals surface area contributed by atoms with E-state index in [0.717, 1.165) is 18.2 Å². The molecule has 3 heterocycles. The molecule has 0 saturated heterocycles. The number of fused-ring (bicyclic) bond motifs is 1. The molecule has 0 spiro atoms. The molecule has 1 saturated carbocycles. The van der Waals surface area contributed by atoms with Gasteiger partial charge in [-0.15, -0.1) is 0 Å². The van der Waals surface area contributed by atoms with Gasteiger partial charge >= 0.3 is 0 Å². The van der Waals surface area contributed by atoms with E-state index in [0.29, 0.717) is 25.4 Å². The molecule has 24 heavy (non-hydrogen) atoms. The average molecular weight is 326 g/mol. The molecule has 2 aromatic heterocycles. The number of carbonyl (C=O) groups is 1. The van der Waals surface area contributed by atoms with Crippen molar-refractivity contribution in [2.45, 2.75) is 31.8 Å². The number of carbonyl (C=O) groups excluding carboxylic acids is 1. The summed E-state index contributed by atoms with van der Waals surface area (Å²) in [4.78, 5) is 18.9. The number of hydrogen-bond acceptors (Lipinski definition) is 4. The lowest BCUT2D eigenvalue weighted by Gasteiger charge is -2.33. The van der Waals surface area contributed by atoms with Gasteiger partial charge in [-0.2, -0.15) is 5.10 Å². The van der Waals surface area contributed by atoms with Crippen LogP contribution in [0, 0.1) is 5.92 Å². The van der Waals surface area contributed by atoms with Gasteiger partial charge < -0.3 is 9.64 Å². The average Bonchev–Trinajstić information content (AvgIpc) is 3.34. The van der Waals surface area contributed by atoms with Crippen LogP contribution in [0.3, 0.4) is 0 Å². The first-order valence-electron chi connectivity index (χ1n) is 8.50. The number of hydrogen-bond donors (Lipinski definition) is 0. The van der Waals surface area contributed by atoms with Crippen molar-refractivity contribution in [3.05, 3.63) is 47.5 Å². The normalized spacial score (nSPS) is 20.0. The number of methoxy groups -OCH3 is 1. The number of rotatable bonds is 5. The van der Waals surface area contributed by atoms with Crippen LogP contribution in [-0.4, -0.2) is 45.8 Å². The Balaban J connectivity index is 1.62. The summed E-state index contributed by atoms with van der Waals surface area (Å²) >= 11 is 0. The van der Waals surface area contributed by atoms with Crippen LogP contribution in [0.2, 0.25) is 0 Å². The molecule has 1 unspecified atom stereocenters. The second-order valence-corrected chi connectivity index (χ2v) is 6.73. The molecule has 0 aromatic carbocycles. The van der Waals surface area contributed by atoms with E-state index in [-0.39, 0.29) is 11.8 Å². The maximum Gasteiger partial charge on any atom is 0.272 e. The van der Waals surface area contributed by atoms with E-state index < -0.39 is 0 Å². The lowest BCUT2D eigenvalue weighted by atomic mass is 9.95. The van der Waals surface area contributed by atoms with Crippen molar-refractivity contribution in [3.63, 3.8) is 0 Å². The zero-order chi connectivity index (χ0) is 16.5. The minimum atomic E-state index is -0.0264. The highest BCUT2D eigenvalue weighted by Gasteiger charge is 2.33. The van der Waals surface area contributed by atoms with Crippen molar-refractivity contribution in [1.82, 2.24) is 19.7 Å². The quantitative estimate of drug-likeness (QED) is 0.844. The van der Waals surface area contributed by atoms with Crippen LogP contribution in [0.5, 0.6) is 0 Å². The van der Waals surface area contributed by atoms with E-state index in [2.05, 4.69) is 14.8 Å². The highest BCUT2D eigenvalue weighted by atomic mass is 16.5. The van der Waals surface area contributed by atoms with E-state index in [9.17, 15) is 4.79 Å². The summed E-state index contributed by atoms with van der Waals surface area (Å²) in [5, 5.41) is 4.58. The first-order valence-corrected chi connectivity index (χ1v) is 8.50. The molecular weight excluding hydrogens is 304 g/mol. The molecule has 1 amide bonds.